The lowest BCUT2D eigenvalue weighted by Crippen LogP contribution is -2.68. The van der Waals surface area contributed by atoms with Crippen LogP contribution in [-0.4, -0.2) is 39.5 Å². The second-order valence-electron chi connectivity index (χ2n) is 4.25. The van der Waals surface area contributed by atoms with E-state index >= 15 is 0 Å². The normalized spacial score (nSPS) is 18.1. The number of nitrogens with zero attached hydrogens (tertiary/aromatic N) is 2. The fraction of sp³-hybridized carbons (Fsp3) is 0.600. The van der Waals surface area contributed by atoms with Crippen LogP contribution < -0.4 is 10.6 Å². The molecule has 0 aromatic carbocycles. The number of carbonyl (C=O) groups is 1. The molecule has 3 N–H and O–H groups in total. The van der Waals surface area contributed by atoms with E-state index in [1.165, 1.54) is 0 Å². The summed E-state index contributed by atoms with van der Waals surface area (Å²) in [5.74, 6) is -0.765. The van der Waals surface area contributed by atoms with Gasteiger partial charge in [0.25, 0.3) is 0 Å². The van der Waals surface area contributed by atoms with E-state index in [4.69, 9.17) is 5.11 Å². The molecule has 88 valence electrons. The Kier molecular flexibility index (Phi) is 2.93. The van der Waals surface area contributed by atoms with Gasteiger partial charge >= 0.3 is 5.97 Å². The summed E-state index contributed by atoms with van der Waals surface area (Å²) in [6, 6.07) is 1.92. The predicted molar refractivity (Wildman–Crippen MR) is 57.9 cm³/mol. The highest BCUT2D eigenvalue weighted by Crippen LogP contribution is 2.16. The molecular formula is C10H16N4O2. The lowest BCUT2D eigenvalue weighted by Gasteiger charge is -2.42. The summed E-state index contributed by atoms with van der Waals surface area (Å²) in [5.41, 5.74) is 0.757. The molecule has 0 bridgehead atoms. The molecule has 6 nitrogen and oxygen atoms in total. The monoisotopic (exact) mass is 224 g/mol. The van der Waals surface area contributed by atoms with Crippen molar-refractivity contribution in [2.45, 2.75) is 18.5 Å². The van der Waals surface area contributed by atoms with Gasteiger partial charge in [0.05, 0.1) is 17.7 Å². The van der Waals surface area contributed by atoms with Gasteiger partial charge in [-0.3, -0.25) is 9.48 Å². The van der Waals surface area contributed by atoms with E-state index in [1.807, 2.05) is 13.1 Å². The molecule has 1 saturated heterocycles. The maximum atomic E-state index is 10.8. The molecule has 0 aliphatic carbocycles. The maximum absolute atomic E-state index is 10.8. The Morgan fingerprint density at radius 1 is 1.75 bits per heavy atom. The van der Waals surface area contributed by atoms with Crippen molar-refractivity contribution in [1.82, 2.24) is 20.4 Å². The fourth-order valence-electron chi connectivity index (χ4n) is 1.88. The van der Waals surface area contributed by atoms with Gasteiger partial charge < -0.3 is 15.7 Å². The second kappa shape index (κ2) is 4.23. The highest BCUT2D eigenvalue weighted by atomic mass is 16.4. The Bertz CT molecular complexity index is 384. The minimum atomic E-state index is -0.765. The number of hydrogen-bond acceptors (Lipinski definition) is 4. The van der Waals surface area contributed by atoms with E-state index in [2.05, 4.69) is 15.7 Å². The summed E-state index contributed by atoms with van der Waals surface area (Å²) in [6.45, 7) is 2.06. The fourth-order valence-corrected chi connectivity index (χ4v) is 1.88. The first-order valence-corrected chi connectivity index (χ1v) is 5.26. The molecule has 0 radical (unpaired) electrons. The predicted octanol–water partition coefficient (Wildman–Crippen LogP) is -0.674. The summed E-state index contributed by atoms with van der Waals surface area (Å²) < 4.78 is 1.79. The first-order chi connectivity index (χ1) is 7.61. The number of hydrogen-bond donors (Lipinski definition) is 3. The van der Waals surface area contributed by atoms with Crippen LogP contribution in [0.5, 0.6) is 0 Å². The zero-order chi connectivity index (χ0) is 11.6. The standard InChI is InChI=1S/C10H16N4O2/c1-14-8(2-3-13-14)5-12-10(4-9(15)16)6-11-7-10/h2-3,11-12H,4-7H2,1H3,(H,15,16). The smallest absolute Gasteiger partial charge is 0.305 e. The van der Waals surface area contributed by atoms with Gasteiger partial charge in [-0.2, -0.15) is 5.10 Å². The van der Waals surface area contributed by atoms with Gasteiger partial charge in [0.2, 0.25) is 0 Å². The minimum absolute atomic E-state index is 0.151. The highest BCUT2D eigenvalue weighted by Gasteiger charge is 2.38. The lowest BCUT2D eigenvalue weighted by atomic mass is 9.88. The van der Waals surface area contributed by atoms with Crippen molar-refractivity contribution in [3.63, 3.8) is 0 Å². The molecule has 0 unspecified atom stereocenters. The molecule has 0 amide bonds. The van der Waals surface area contributed by atoms with Crippen molar-refractivity contribution in [3.05, 3.63) is 18.0 Å². The number of aliphatic carboxylic acids is 1. The van der Waals surface area contributed by atoms with Gasteiger partial charge in [-0.15, -0.1) is 0 Å². The molecule has 0 saturated carbocycles. The van der Waals surface area contributed by atoms with Gasteiger partial charge in [0.1, 0.15) is 0 Å². The van der Waals surface area contributed by atoms with Gasteiger partial charge in [0, 0.05) is 32.9 Å². The molecule has 0 atom stereocenters. The quantitative estimate of drug-likeness (QED) is 0.618. The number of carboxylic acids is 1. The Morgan fingerprint density at radius 2 is 2.50 bits per heavy atom. The topological polar surface area (TPSA) is 79.2 Å². The van der Waals surface area contributed by atoms with Gasteiger partial charge in [-0.1, -0.05) is 0 Å². The van der Waals surface area contributed by atoms with Crippen LogP contribution in [0.25, 0.3) is 0 Å². The average molecular weight is 224 g/mol. The molecule has 2 rings (SSSR count). The zero-order valence-corrected chi connectivity index (χ0v) is 9.23. The molecule has 0 spiro atoms. The summed E-state index contributed by atoms with van der Waals surface area (Å²) in [5, 5.41) is 19.3. The van der Waals surface area contributed by atoms with Crippen molar-refractivity contribution in [1.29, 1.82) is 0 Å². The molecule has 1 aromatic heterocycles. The first kappa shape index (κ1) is 11.1. The summed E-state index contributed by atoms with van der Waals surface area (Å²) >= 11 is 0. The molecule has 16 heavy (non-hydrogen) atoms. The van der Waals surface area contributed by atoms with E-state index in [9.17, 15) is 4.79 Å². The van der Waals surface area contributed by atoms with E-state index < -0.39 is 5.97 Å². The van der Waals surface area contributed by atoms with Crippen molar-refractivity contribution in [2.75, 3.05) is 13.1 Å². The largest absolute Gasteiger partial charge is 0.481 e. The zero-order valence-electron chi connectivity index (χ0n) is 9.23. The number of aryl methyl sites for hydroxylation is 1. The second-order valence-corrected chi connectivity index (χ2v) is 4.25. The molecule has 1 aliphatic heterocycles. The van der Waals surface area contributed by atoms with Gasteiger partial charge in [0.15, 0.2) is 0 Å². The van der Waals surface area contributed by atoms with Gasteiger partial charge in [-0.25, -0.2) is 0 Å². The van der Waals surface area contributed by atoms with Crippen LogP contribution in [0.3, 0.4) is 0 Å². The minimum Gasteiger partial charge on any atom is -0.481 e. The number of aromatic nitrogens is 2. The van der Waals surface area contributed by atoms with Crippen molar-refractivity contribution >= 4 is 5.97 Å². The van der Waals surface area contributed by atoms with Crippen molar-refractivity contribution in [2.24, 2.45) is 7.05 Å². The first-order valence-electron chi connectivity index (χ1n) is 5.26. The third kappa shape index (κ3) is 2.23. The van der Waals surface area contributed by atoms with Crippen LogP contribution in [0.1, 0.15) is 12.1 Å². The Morgan fingerprint density at radius 3 is 2.94 bits per heavy atom. The summed E-state index contributed by atoms with van der Waals surface area (Å²) in [6.07, 6.45) is 1.89. The number of rotatable bonds is 5. The molecule has 1 aromatic rings. The van der Waals surface area contributed by atoms with E-state index in [1.54, 1.807) is 10.9 Å². The molecule has 1 aliphatic rings. The van der Waals surface area contributed by atoms with Crippen LogP contribution in [0, 0.1) is 0 Å². The van der Waals surface area contributed by atoms with Crippen LogP contribution in [0.15, 0.2) is 12.3 Å². The molecular weight excluding hydrogens is 208 g/mol. The SMILES string of the molecule is Cn1nccc1CNC1(CC(=O)O)CNC1. The summed E-state index contributed by atoms with van der Waals surface area (Å²) in [7, 11) is 1.87. The van der Waals surface area contributed by atoms with Crippen LogP contribution in [0.2, 0.25) is 0 Å². The van der Waals surface area contributed by atoms with E-state index in [0.717, 1.165) is 5.69 Å². The number of nitrogens with one attached hydrogen (secondary N) is 2. The number of carboxylic acid groups (broad SMARTS) is 1. The lowest BCUT2D eigenvalue weighted by molar-refractivity contribution is -0.139. The molecule has 1 fully saturated rings. The highest BCUT2D eigenvalue weighted by molar-refractivity contribution is 5.68. The van der Waals surface area contributed by atoms with E-state index in [0.29, 0.717) is 19.6 Å². The Hall–Kier alpha value is -1.40. The summed E-state index contributed by atoms with van der Waals surface area (Å²) in [4.78, 5) is 10.8. The molecule has 2 heterocycles. The van der Waals surface area contributed by atoms with Crippen LogP contribution >= 0.6 is 0 Å². The Balaban J connectivity index is 1.93. The third-order valence-electron chi connectivity index (χ3n) is 2.98. The van der Waals surface area contributed by atoms with Crippen LogP contribution in [0.4, 0.5) is 0 Å². The van der Waals surface area contributed by atoms with Crippen molar-refractivity contribution in [3.8, 4) is 0 Å². The Labute approximate surface area is 93.6 Å². The molecule has 6 heteroatoms. The maximum Gasteiger partial charge on any atom is 0.305 e. The van der Waals surface area contributed by atoms with Crippen molar-refractivity contribution < 1.29 is 9.90 Å². The van der Waals surface area contributed by atoms with Gasteiger partial charge in [-0.05, 0) is 6.07 Å². The van der Waals surface area contributed by atoms with E-state index in [-0.39, 0.29) is 12.0 Å². The van der Waals surface area contributed by atoms with Crippen LogP contribution in [-0.2, 0) is 18.4 Å². The average Bonchev–Trinajstić information content (AvgIpc) is 2.55. The third-order valence-corrected chi connectivity index (χ3v) is 2.98.